The molecule has 34 heavy (non-hydrogen) atoms. The number of carbonyl (C=O) groups is 5. The summed E-state index contributed by atoms with van der Waals surface area (Å²) in [6, 6.07) is -4.71. The van der Waals surface area contributed by atoms with Gasteiger partial charge in [-0.15, -0.1) is 0 Å². The third kappa shape index (κ3) is 10.2. The lowest BCUT2D eigenvalue weighted by atomic mass is 10.0. The number of carboxylic acids is 2. The molecule has 0 spiro atoms. The van der Waals surface area contributed by atoms with Gasteiger partial charge in [0.2, 0.25) is 17.7 Å². The van der Waals surface area contributed by atoms with Crippen LogP contribution >= 0.6 is 12.6 Å². The van der Waals surface area contributed by atoms with E-state index in [4.69, 9.17) is 10.8 Å². The van der Waals surface area contributed by atoms with E-state index in [1.54, 1.807) is 13.8 Å². The Labute approximate surface area is 202 Å². The molecule has 1 rings (SSSR count). The van der Waals surface area contributed by atoms with E-state index in [0.717, 1.165) is 0 Å². The van der Waals surface area contributed by atoms with E-state index in [1.165, 1.54) is 12.5 Å². The fourth-order valence-corrected chi connectivity index (χ4v) is 3.23. The molecule has 1 heterocycles. The fourth-order valence-electron chi connectivity index (χ4n) is 2.97. The number of aliphatic carboxylic acids is 2. The second-order valence-corrected chi connectivity index (χ2v) is 8.52. The zero-order valence-electron chi connectivity index (χ0n) is 19.0. The molecule has 4 atom stereocenters. The van der Waals surface area contributed by atoms with Gasteiger partial charge in [0.25, 0.3) is 0 Å². The second-order valence-electron chi connectivity index (χ2n) is 8.15. The lowest BCUT2D eigenvalue weighted by molar-refractivity contribution is -0.143. The van der Waals surface area contributed by atoms with Gasteiger partial charge in [-0.05, 0) is 18.8 Å². The Morgan fingerprint density at radius 3 is 2.12 bits per heavy atom. The highest BCUT2D eigenvalue weighted by atomic mass is 32.1. The number of rotatable bonds is 15. The number of nitrogens with one attached hydrogen (secondary N) is 4. The maximum Gasteiger partial charge on any atom is 0.326 e. The summed E-state index contributed by atoms with van der Waals surface area (Å²) in [5.41, 5.74) is 6.48. The summed E-state index contributed by atoms with van der Waals surface area (Å²) in [4.78, 5) is 66.9. The SMILES string of the molecule is CC(C)CC(NC(=O)C(CCC(=O)O)NC(=O)C(CS)NC(=O)C(N)Cc1cnc[nH]1)C(=O)O. The number of H-pyrrole nitrogens is 1. The number of nitrogens with zero attached hydrogens (tertiary/aromatic N) is 1. The van der Waals surface area contributed by atoms with Gasteiger partial charge in [-0.3, -0.25) is 19.2 Å². The molecule has 1 aromatic rings. The lowest BCUT2D eigenvalue weighted by Crippen LogP contribution is -2.58. The van der Waals surface area contributed by atoms with Gasteiger partial charge in [0, 0.05) is 30.5 Å². The van der Waals surface area contributed by atoms with E-state index in [-0.39, 0.29) is 30.9 Å². The van der Waals surface area contributed by atoms with Crippen molar-refractivity contribution in [2.24, 2.45) is 11.7 Å². The van der Waals surface area contributed by atoms with Crippen LogP contribution in [0.4, 0.5) is 0 Å². The number of amides is 3. The van der Waals surface area contributed by atoms with Crippen molar-refractivity contribution >= 4 is 42.3 Å². The average Bonchev–Trinajstić information content (AvgIpc) is 3.26. The Bertz CT molecular complexity index is 848. The molecule has 0 aliphatic heterocycles. The van der Waals surface area contributed by atoms with Crippen LogP contribution in [0.2, 0.25) is 0 Å². The molecule has 0 fully saturated rings. The molecule has 1 aromatic heterocycles. The molecule has 0 aromatic carbocycles. The minimum atomic E-state index is -1.34. The molecule has 0 radical (unpaired) electrons. The Hall–Kier alpha value is -3.13. The molecule has 0 saturated heterocycles. The maximum absolute atomic E-state index is 12.7. The quantitative estimate of drug-likeness (QED) is 0.133. The largest absolute Gasteiger partial charge is 0.481 e. The number of carbonyl (C=O) groups excluding carboxylic acids is 3. The van der Waals surface area contributed by atoms with Crippen molar-refractivity contribution < 1.29 is 34.2 Å². The maximum atomic E-state index is 12.7. The van der Waals surface area contributed by atoms with Gasteiger partial charge < -0.3 is 36.9 Å². The molecule has 0 saturated carbocycles. The van der Waals surface area contributed by atoms with E-state index >= 15 is 0 Å². The number of carboxylic acid groups (broad SMARTS) is 2. The molecule has 8 N–H and O–H groups in total. The van der Waals surface area contributed by atoms with Crippen LogP contribution in [-0.4, -0.2) is 79.8 Å². The van der Waals surface area contributed by atoms with Crippen LogP contribution in [0, 0.1) is 5.92 Å². The molecule has 13 nitrogen and oxygen atoms in total. The first-order valence-corrected chi connectivity index (χ1v) is 11.3. The number of imidazole rings is 1. The predicted octanol–water partition coefficient (Wildman–Crippen LogP) is -1.34. The standard InChI is InChI=1S/C20H32N6O7S/c1-10(2)5-14(20(32)33)25-18(30)13(3-4-16(27)28)24-19(31)15(8-34)26-17(29)12(21)6-11-7-22-9-23-11/h7,9-10,12-15,34H,3-6,8,21H2,1-2H3,(H,22,23)(H,24,31)(H,25,30)(H,26,29)(H,27,28)(H,32,33). The third-order valence-electron chi connectivity index (χ3n) is 4.75. The van der Waals surface area contributed by atoms with Gasteiger partial charge in [0.1, 0.15) is 18.1 Å². The number of aromatic amines is 1. The first kappa shape index (κ1) is 28.9. The Kier molecular flexibility index (Phi) is 12.1. The summed E-state index contributed by atoms with van der Waals surface area (Å²) < 4.78 is 0. The highest BCUT2D eigenvalue weighted by Crippen LogP contribution is 2.07. The Morgan fingerprint density at radius 2 is 1.62 bits per heavy atom. The highest BCUT2D eigenvalue weighted by Gasteiger charge is 2.30. The summed E-state index contributed by atoms with van der Waals surface area (Å²) in [5, 5.41) is 25.5. The van der Waals surface area contributed by atoms with Gasteiger partial charge in [-0.1, -0.05) is 13.8 Å². The Balaban J connectivity index is 2.85. The van der Waals surface area contributed by atoms with Crippen molar-refractivity contribution in [3.8, 4) is 0 Å². The number of thiol groups is 1. The van der Waals surface area contributed by atoms with Crippen LogP contribution < -0.4 is 21.7 Å². The minimum absolute atomic E-state index is 0.0387. The van der Waals surface area contributed by atoms with Crippen molar-refractivity contribution in [1.29, 1.82) is 0 Å². The monoisotopic (exact) mass is 500 g/mol. The van der Waals surface area contributed by atoms with Crippen molar-refractivity contribution in [2.75, 3.05) is 5.75 Å². The van der Waals surface area contributed by atoms with E-state index in [0.29, 0.717) is 5.69 Å². The average molecular weight is 501 g/mol. The van der Waals surface area contributed by atoms with Crippen molar-refractivity contribution in [3.05, 3.63) is 18.2 Å². The van der Waals surface area contributed by atoms with Crippen LogP contribution in [0.25, 0.3) is 0 Å². The van der Waals surface area contributed by atoms with Crippen molar-refractivity contribution in [2.45, 2.75) is 63.7 Å². The molecule has 0 aliphatic carbocycles. The number of nitrogens with two attached hydrogens (primary N) is 1. The molecule has 190 valence electrons. The predicted molar refractivity (Wildman–Crippen MR) is 124 cm³/mol. The summed E-state index contributed by atoms with van der Waals surface area (Å²) in [7, 11) is 0. The molecular formula is C20H32N6O7S. The molecule has 14 heteroatoms. The summed E-state index contributed by atoms with van der Waals surface area (Å²) in [6.45, 7) is 3.56. The zero-order chi connectivity index (χ0) is 25.8. The topological polar surface area (TPSA) is 217 Å². The smallest absolute Gasteiger partial charge is 0.326 e. The van der Waals surface area contributed by atoms with Gasteiger partial charge in [0.05, 0.1) is 12.4 Å². The van der Waals surface area contributed by atoms with Gasteiger partial charge in [-0.25, -0.2) is 9.78 Å². The van der Waals surface area contributed by atoms with Gasteiger partial charge >= 0.3 is 11.9 Å². The van der Waals surface area contributed by atoms with Crippen LogP contribution in [0.5, 0.6) is 0 Å². The van der Waals surface area contributed by atoms with E-state index in [1.807, 2.05) is 0 Å². The number of hydrogen-bond donors (Lipinski definition) is 8. The minimum Gasteiger partial charge on any atom is -0.481 e. The van der Waals surface area contributed by atoms with Crippen molar-refractivity contribution in [3.63, 3.8) is 0 Å². The zero-order valence-corrected chi connectivity index (χ0v) is 19.9. The Morgan fingerprint density at radius 1 is 1.03 bits per heavy atom. The van der Waals surface area contributed by atoms with Gasteiger partial charge in [-0.2, -0.15) is 12.6 Å². The van der Waals surface area contributed by atoms with E-state index in [9.17, 15) is 29.1 Å². The summed E-state index contributed by atoms with van der Waals surface area (Å²) >= 11 is 4.06. The summed E-state index contributed by atoms with van der Waals surface area (Å²) in [5.74, 6) is -4.90. The highest BCUT2D eigenvalue weighted by molar-refractivity contribution is 7.80. The van der Waals surface area contributed by atoms with Gasteiger partial charge in [0.15, 0.2) is 0 Å². The van der Waals surface area contributed by atoms with Crippen LogP contribution in [0.1, 0.15) is 38.8 Å². The molecular weight excluding hydrogens is 468 g/mol. The lowest BCUT2D eigenvalue weighted by Gasteiger charge is -2.24. The first-order chi connectivity index (χ1) is 15.9. The van der Waals surface area contributed by atoms with E-state index in [2.05, 4.69) is 38.5 Å². The van der Waals surface area contributed by atoms with Crippen LogP contribution in [0.15, 0.2) is 12.5 Å². The summed E-state index contributed by atoms with van der Waals surface area (Å²) in [6.07, 6.45) is 2.49. The fraction of sp³-hybridized carbons (Fsp3) is 0.600. The number of aromatic nitrogens is 2. The van der Waals surface area contributed by atoms with Crippen LogP contribution in [0.3, 0.4) is 0 Å². The van der Waals surface area contributed by atoms with E-state index < -0.39 is 60.2 Å². The number of hydrogen-bond acceptors (Lipinski definition) is 8. The second kappa shape index (κ2) is 14.2. The third-order valence-corrected chi connectivity index (χ3v) is 5.11. The van der Waals surface area contributed by atoms with Crippen molar-refractivity contribution in [1.82, 2.24) is 25.9 Å². The van der Waals surface area contributed by atoms with Crippen LogP contribution in [-0.2, 0) is 30.4 Å². The molecule has 0 bridgehead atoms. The molecule has 0 aliphatic rings. The molecule has 4 unspecified atom stereocenters. The molecule has 3 amide bonds. The normalized spacial score (nSPS) is 14.5. The first-order valence-electron chi connectivity index (χ1n) is 10.6.